The number of hydrogen-bond acceptors (Lipinski definition) is 3. The summed E-state index contributed by atoms with van der Waals surface area (Å²) in [5.74, 6) is -1.04. The van der Waals surface area contributed by atoms with Crippen LogP contribution in [0.5, 0.6) is 0 Å². The van der Waals surface area contributed by atoms with Crippen LogP contribution in [0.15, 0.2) is 12.1 Å². The predicted octanol–water partition coefficient (Wildman–Crippen LogP) is 2.03. The number of nitrogens with zero attached hydrogens (tertiary/aromatic N) is 2. The van der Waals surface area contributed by atoms with E-state index in [-0.39, 0.29) is 12.6 Å². The largest absolute Gasteiger partial charge is 0.480 e. The van der Waals surface area contributed by atoms with Crippen molar-refractivity contribution in [1.29, 1.82) is 0 Å². The Balaban J connectivity index is 2.84. The summed E-state index contributed by atoms with van der Waals surface area (Å²) in [6.45, 7) is 6.86. The molecule has 1 rings (SSSR count). The zero-order valence-electron chi connectivity index (χ0n) is 11.6. The summed E-state index contributed by atoms with van der Waals surface area (Å²) in [4.78, 5) is 28.3. The molecule has 0 unspecified atom stereocenters. The van der Waals surface area contributed by atoms with Gasteiger partial charge in [-0.1, -0.05) is 0 Å². The summed E-state index contributed by atoms with van der Waals surface area (Å²) in [5.41, 5.74) is 2.15. The van der Waals surface area contributed by atoms with Crippen LogP contribution in [0, 0.1) is 13.8 Å². The van der Waals surface area contributed by atoms with Gasteiger partial charge in [0, 0.05) is 11.7 Å². The van der Waals surface area contributed by atoms with Gasteiger partial charge in [0.15, 0.2) is 0 Å². The molecule has 0 bridgehead atoms. The molecule has 0 radical (unpaired) electrons. The van der Waals surface area contributed by atoms with Crippen molar-refractivity contribution in [2.75, 3.05) is 11.9 Å². The van der Waals surface area contributed by atoms with Crippen LogP contribution in [0.1, 0.15) is 25.2 Å². The highest BCUT2D eigenvalue weighted by molar-refractivity contribution is 5.92. The van der Waals surface area contributed by atoms with E-state index in [4.69, 9.17) is 5.11 Å². The number of carboxylic acid groups (broad SMARTS) is 1. The Morgan fingerprint density at radius 1 is 1.37 bits per heavy atom. The molecule has 1 heterocycles. The fraction of sp³-hybridized carbons (Fsp3) is 0.462. The molecule has 0 aromatic carbocycles. The van der Waals surface area contributed by atoms with E-state index in [2.05, 4.69) is 10.3 Å². The summed E-state index contributed by atoms with van der Waals surface area (Å²) < 4.78 is 0. The molecule has 2 amide bonds. The lowest BCUT2D eigenvalue weighted by Crippen LogP contribution is -2.43. The van der Waals surface area contributed by atoms with Crippen molar-refractivity contribution in [1.82, 2.24) is 9.88 Å². The average molecular weight is 265 g/mol. The number of urea groups is 1. The molecular weight excluding hydrogens is 246 g/mol. The van der Waals surface area contributed by atoms with E-state index in [1.807, 2.05) is 6.92 Å². The quantitative estimate of drug-likeness (QED) is 0.872. The van der Waals surface area contributed by atoms with Gasteiger partial charge < -0.3 is 15.3 Å². The first-order valence-electron chi connectivity index (χ1n) is 6.05. The molecule has 0 atom stereocenters. The molecule has 6 heteroatoms. The maximum Gasteiger partial charge on any atom is 0.323 e. The van der Waals surface area contributed by atoms with E-state index < -0.39 is 12.0 Å². The fourth-order valence-electron chi connectivity index (χ4n) is 1.64. The SMILES string of the molecule is Cc1ccc(NC(=O)N(CC(=O)O)C(C)C)c(C)n1. The highest BCUT2D eigenvalue weighted by Crippen LogP contribution is 2.14. The zero-order chi connectivity index (χ0) is 14.6. The number of pyridine rings is 1. The van der Waals surface area contributed by atoms with Gasteiger partial charge >= 0.3 is 12.0 Å². The van der Waals surface area contributed by atoms with Crippen LogP contribution in [0.2, 0.25) is 0 Å². The van der Waals surface area contributed by atoms with Crippen LogP contribution in [-0.2, 0) is 4.79 Å². The minimum atomic E-state index is -1.04. The number of carboxylic acids is 1. The Labute approximate surface area is 112 Å². The zero-order valence-corrected chi connectivity index (χ0v) is 11.6. The monoisotopic (exact) mass is 265 g/mol. The van der Waals surface area contributed by atoms with E-state index in [1.54, 1.807) is 32.9 Å². The third kappa shape index (κ3) is 4.24. The van der Waals surface area contributed by atoms with Gasteiger partial charge in [-0.15, -0.1) is 0 Å². The number of carbonyl (C=O) groups is 2. The smallest absolute Gasteiger partial charge is 0.323 e. The van der Waals surface area contributed by atoms with Crippen LogP contribution in [0.4, 0.5) is 10.5 Å². The van der Waals surface area contributed by atoms with Crippen LogP contribution in [0.3, 0.4) is 0 Å². The number of aromatic nitrogens is 1. The normalized spacial score (nSPS) is 10.4. The molecule has 6 nitrogen and oxygen atoms in total. The standard InChI is InChI=1S/C13H19N3O3/c1-8(2)16(7-12(17)18)13(19)15-11-6-5-9(3)14-10(11)4/h5-6,8H,7H2,1-4H3,(H,15,19)(H,17,18). The molecular formula is C13H19N3O3. The van der Waals surface area contributed by atoms with E-state index in [9.17, 15) is 9.59 Å². The summed E-state index contributed by atoms with van der Waals surface area (Å²) in [6, 6.07) is 2.91. The Bertz CT molecular complexity index is 486. The van der Waals surface area contributed by atoms with Gasteiger partial charge in [0.05, 0.1) is 11.4 Å². The number of rotatable bonds is 4. The van der Waals surface area contributed by atoms with Crippen molar-refractivity contribution in [3.05, 3.63) is 23.5 Å². The third-order valence-corrected chi connectivity index (χ3v) is 2.66. The average Bonchev–Trinajstić information content (AvgIpc) is 2.29. The third-order valence-electron chi connectivity index (χ3n) is 2.66. The number of aliphatic carboxylic acids is 1. The van der Waals surface area contributed by atoms with E-state index in [1.165, 1.54) is 4.90 Å². The minimum Gasteiger partial charge on any atom is -0.480 e. The molecule has 0 saturated heterocycles. The lowest BCUT2D eigenvalue weighted by atomic mass is 10.2. The number of amides is 2. The first-order chi connectivity index (χ1) is 8.81. The van der Waals surface area contributed by atoms with Crippen molar-refractivity contribution in [2.24, 2.45) is 0 Å². The Hall–Kier alpha value is -2.11. The lowest BCUT2D eigenvalue weighted by Gasteiger charge is -2.25. The van der Waals surface area contributed by atoms with E-state index in [0.29, 0.717) is 11.4 Å². The van der Waals surface area contributed by atoms with Crippen LogP contribution in [0.25, 0.3) is 0 Å². The van der Waals surface area contributed by atoms with Crippen molar-refractivity contribution < 1.29 is 14.7 Å². The van der Waals surface area contributed by atoms with Gasteiger partial charge in [-0.2, -0.15) is 0 Å². The second-order valence-corrected chi connectivity index (χ2v) is 4.63. The molecule has 0 saturated carbocycles. The van der Waals surface area contributed by atoms with Gasteiger partial charge in [-0.3, -0.25) is 9.78 Å². The molecule has 1 aromatic heterocycles. The first-order valence-corrected chi connectivity index (χ1v) is 6.05. The molecule has 0 aliphatic heterocycles. The lowest BCUT2D eigenvalue weighted by molar-refractivity contribution is -0.137. The highest BCUT2D eigenvalue weighted by atomic mass is 16.4. The fourth-order valence-corrected chi connectivity index (χ4v) is 1.64. The number of hydrogen-bond donors (Lipinski definition) is 2. The molecule has 0 spiro atoms. The number of aryl methyl sites for hydroxylation is 2. The van der Waals surface area contributed by atoms with Gasteiger partial charge in [-0.25, -0.2) is 4.79 Å². The Morgan fingerprint density at radius 2 is 2.00 bits per heavy atom. The molecule has 19 heavy (non-hydrogen) atoms. The maximum absolute atomic E-state index is 12.1. The van der Waals surface area contributed by atoms with Crippen LogP contribution >= 0.6 is 0 Å². The molecule has 0 fully saturated rings. The Kier molecular flexibility index (Phi) is 4.86. The molecule has 2 N–H and O–H groups in total. The molecule has 1 aromatic rings. The second-order valence-electron chi connectivity index (χ2n) is 4.63. The first kappa shape index (κ1) is 14.9. The summed E-state index contributed by atoms with van der Waals surface area (Å²) >= 11 is 0. The van der Waals surface area contributed by atoms with Crippen molar-refractivity contribution in [3.63, 3.8) is 0 Å². The van der Waals surface area contributed by atoms with E-state index in [0.717, 1.165) is 5.69 Å². The van der Waals surface area contributed by atoms with Crippen molar-refractivity contribution in [3.8, 4) is 0 Å². The highest BCUT2D eigenvalue weighted by Gasteiger charge is 2.20. The summed E-state index contributed by atoms with van der Waals surface area (Å²) in [6.07, 6.45) is 0. The van der Waals surface area contributed by atoms with Crippen molar-refractivity contribution in [2.45, 2.75) is 33.7 Å². The van der Waals surface area contributed by atoms with Gasteiger partial charge in [0.2, 0.25) is 0 Å². The number of carbonyl (C=O) groups excluding carboxylic acids is 1. The minimum absolute atomic E-state index is 0.199. The second kappa shape index (κ2) is 6.17. The summed E-state index contributed by atoms with van der Waals surface area (Å²) in [7, 11) is 0. The maximum atomic E-state index is 12.1. The predicted molar refractivity (Wildman–Crippen MR) is 72.2 cm³/mol. The number of anilines is 1. The van der Waals surface area contributed by atoms with Gasteiger partial charge in [0.1, 0.15) is 6.54 Å². The van der Waals surface area contributed by atoms with Crippen LogP contribution in [-0.4, -0.2) is 39.6 Å². The molecule has 0 aliphatic carbocycles. The van der Waals surface area contributed by atoms with Crippen LogP contribution < -0.4 is 5.32 Å². The topological polar surface area (TPSA) is 82.5 Å². The van der Waals surface area contributed by atoms with Gasteiger partial charge in [0.25, 0.3) is 0 Å². The Morgan fingerprint density at radius 3 is 2.47 bits per heavy atom. The van der Waals surface area contributed by atoms with Crippen molar-refractivity contribution >= 4 is 17.7 Å². The molecule has 0 aliphatic rings. The van der Waals surface area contributed by atoms with E-state index >= 15 is 0 Å². The molecule has 104 valence electrons. The number of nitrogens with one attached hydrogen (secondary N) is 1. The van der Waals surface area contributed by atoms with Gasteiger partial charge in [-0.05, 0) is 39.8 Å². The summed E-state index contributed by atoms with van der Waals surface area (Å²) in [5, 5.41) is 11.5.